The predicted molar refractivity (Wildman–Crippen MR) is 79.0 cm³/mol. The van der Waals surface area contributed by atoms with E-state index < -0.39 is 0 Å². The Kier molecular flexibility index (Phi) is 4.98. The van der Waals surface area contributed by atoms with E-state index in [1.165, 1.54) is 5.56 Å². The van der Waals surface area contributed by atoms with Crippen LogP contribution in [0.2, 0.25) is 0 Å². The lowest BCUT2D eigenvalue weighted by atomic mass is 10.0. The molecule has 0 atom stereocenters. The SMILES string of the molecule is CN=C(Cc1ccc2cc(O)ccc2c1)NC.Cl. The number of aliphatic imine (C=N–C) groups is 1. The van der Waals surface area contributed by atoms with Gasteiger partial charge in [0, 0.05) is 20.5 Å². The molecule has 0 saturated heterocycles. The average Bonchev–Trinajstić information content (AvgIpc) is 2.36. The molecule has 2 rings (SSSR count). The molecule has 0 aromatic heterocycles. The maximum Gasteiger partial charge on any atom is 0.116 e. The highest BCUT2D eigenvalue weighted by atomic mass is 35.5. The third kappa shape index (κ3) is 3.14. The van der Waals surface area contributed by atoms with Gasteiger partial charge in [-0.1, -0.05) is 24.3 Å². The Morgan fingerprint density at radius 1 is 1.17 bits per heavy atom. The highest BCUT2D eigenvalue weighted by Gasteiger charge is 2.01. The van der Waals surface area contributed by atoms with Crippen molar-refractivity contribution in [3.63, 3.8) is 0 Å². The van der Waals surface area contributed by atoms with Crippen LogP contribution in [0, 0.1) is 0 Å². The second kappa shape index (κ2) is 6.26. The molecule has 0 amide bonds. The molecule has 0 radical (unpaired) electrons. The molecule has 96 valence electrons. The van der Waals surface area contributed by atoms with Crippen LogP contribution in [-0.4, -0.2) is 25.0 Å². The van der Waals surface area contributed by atoms with E-state index in [4.69, 9.17) is 0 Å². The summed E-state index contributed by atoms with van der Waals surface area (Å²) >= 11 is 0. The lowest BCUT2D eigenvalue weighted by Crippen LogP contribution is -2.20. The zero-order valence-electron chi connectivity index (χ0n) is 10.5. The second-order valence-electron chi connectivity index (χ2n) is 3.96. The minimum Gasteiger partial charge on any atom is -0.508 e. The van der Waals surface area contributed by atoms with Crippen molar-refractivity contribution in [2.75, 3.05) is 14.1 Å². The van der Waals surface area contributed by atoms with Gasteiger partial charge in [0.15, 0.2) is 0 Å². The summed E-state index contributed by atoms with van der Waals surface area (Å²) in [5.41, 5.74) is 1.21. The first-order chi connectivity index (χ1) is 8.22. The predicted octanol–water partition coefficient (Wildman–Crippen LogP) is 2.76. The fraction of sp³-hybridized carbons (Fsp3) is 0.214. The smallest absolute Gasteiger partial charge is 0.116 e. The molecular weight excluding hydrogens is 248 g/mol. The molecule has 0 aliphatic heterocycles. The summed E-state index contributed by atoms with van der Waals surface area (Å²) in [6.07, 6.45) is 0.795. The van der Waals surface area contributed by atoms with E-state index in [1.54, 1.807) is 19.2 Å². The number of nitrogens with zero attached hydrogens (tertiary/aromatic N) is 1. The molecule has 0 saturated carbocycles. The summed E-state index contributed by atoms with van der Waals surface area (Å²) in [6.45, 7) is 0. The monoisotopic (exact) mass is 264 g/mol. The largest absolute Gasteiger partial charge is 0.508 e. The third-order valence-electron chi connectivity index (χ3n) is 2.82. The van der Waals surface area contributed by atoms with E-state index in [0.717, 1.165) is 23.0 Å². The van der Waals surface area contributed by atoms with Crippen molar-refractivity contribution in [1.29, 1.82) is 0 Å². The zero-order chi connectivity index (χ0) is 12.3. The molecule has 0 fully saturated rings. The van der Waals surface area contributed by atoms with Crippen molar-refractivity contribution < 1.29 is 5.11 Å². The van der Waals surface area contributed by atoms with Gasteiger partial charge >= 0.3 is 0 Å². The molecule has 2 aromatic carbocycles. The highest BCUT2D eigenvalue weighted by molar-refractivity contribution is 5.88. The fourth-order valence-electron chi connectivity index (χ4n) is 1.87. The summed E-state index contributed by atoms with van der Waals surface area (Å²) in [4.78, 5) is 4.16. The van der Waals surface area contributed by atoms with Crippen molar-refractivity contribution in [1.82, 2.24) is 5.32 Å². The molecule has 0 heterocycles. The Bertz CT molecular complexity index is 567. The first-order valence-corrected chi connectivity index (χ1v) is 5.58. The number of aromatic hydroxyl groups is 1. The van der Waals surface area contributed by atoms with Crippen LogP contribution in [0.5, 0.6) is 5.75 Å². The number of rotatable bonds is 2. The first kappa shape index (κ1) is 14.3. The van der Waals surface area contributed by atoms with Crippen molar-refractivity contribution >= 4 is 29.0 Å². The molecule has 0 bridgehead atoms. The minimum absolute atomic E-state index is 0. The van der Waals surface area contributed by atoms with Gasteiger partial charge in [-0.25, -0.2) is 0 Å². The topological polar surface area (TPSA) is 44.6 Å². The maximum atomic E-state index is 9.39. The Morgan fingerprint density at radius 3 is 2.50 bits per heavy atom. The van der Waals surface area contributed by atoms with Crippen molar-refractivity contribution in [3.8, 4) is 5.75 Å². The van der Waals surface area contributed by atoms with E-state index in [-0.39, 0.29) is 12.4 Å². The Balaban J connectivity index is 0.00000162. The number of nitrogens with one attached hydrogen (secondary N) is 1. The minimum atomic E-state index is 0. The molecular formula is C14H17ClN2O. The summed E-state index contributed by atoms with van der Waals surface area (Å²) in [5.74, 6) is 1.26. The van der Waals surface area contributed by atoms with E-state index in [0.29, 0.717) is 5.75 Å². The Hall–Kier alpha value is -1.74. The molecule has 0 spiro atoms. The maximum absolute atomic E-state index is 9.39. The first-order valence-electron chi connectivity index (χ1n) is 5.58. The quantitative estimate of drug-likeness (QED) is 0.647. The number of fused-ring (bicyclic) bond motifs is 1. The fourth-order valence-corrected chi connectivity index (χ4v) is 1.87. The number of phenolic OH excluding ortho intramolecular Hbond substituents is 1. The lowest BCUT2D eigenvalue weighted by molar-refractivity contribution is 0.476. The molecule has 18 heavy (non-hydrogen) atoms. The van der Waals surface area contributed by atoms with Gasteiger partial charge in [-0.2, -0.15) is 0 Å². The van der Waals surface area contributed by atoms with Gasteiger partial charge in [-0.05, 0) is 28.5 Å². The van der Waals surface area contributed by atoms with Gasteiger partial charge in [-0.3, -0.25) is 4.99 Å². The molecule has 3 nitrogen and oxygen atoms in total. The van der Waals surface area contributed by atoms with Gasteiger partial charge in [0.25, 0.3) is 0 Å². The summed E-state index contributed by atoms with van der Waals surface area (Å²) < 4.78 is 0. The number of hydrogen-bond acceptors (Lipinski definition) is 2. The van der Waals surface area contributed by atoms with Crippen LogP contribution in [-0.2, 0) is 6.42 Å². The third-order valence-corrected chi connectivity index (χ3v) is 2.82. The van der Waals surface area contributed by atoms with Crippen LogP contribution in [0.4, 0.5) is 0 Å². The summed E-state index contributed by atoms with van der Waals surface area (Å²) in [6, 6.07) is 11.6. The lowest BCUT2D eigenvalue weighted by Gasteiger charge is -2.06. The van der Waals surface area contributed by atoms with E-state index >= 15 is 0 Å². The van der Waals surface area contributed by atoms with Crippen LogP contribution >= 0.6 is 12.4 Å². The number of phenols is 1. The molecule has 0 unspecified atom stereocenters. The van der Waals surface area contributed by atoms with Crippen LogP contribution < -0.4 is 5.32 Å². The Labute approximate surface area is 113 Å². The Morgan fingerprint density at radius 2 is 1.83 bits per heavy atom. The standard InChI is InChI=1S/C14H16N2O.ClH/c1-15-14(16-2)8-10-3-4-12-9-13(17)6-5-11(12)7-10;/h3-7,9,17H,8H2,1-2H3,(H,15,16);1H. The van der Waals surface area contributed by atoms with Crippen LogP contribution in [0.25, 0.3) is 10.8 Å². The highest BCUT2D eigenvalue weighted by Crippen LogP contribution is 2.21. The van der Waals surface area contributed by atoms with Gasteiger partial charge in [0.2, 0.25) is 0 Å². The second-order valence-corrected chi connectivity index (χ2v) is 3.96. The van der Waals surface area contributed by atoms with E-state index in [1.807, 2.05) is 19.2 Å². The van der Waals surface area contributed by atoms with Gasteiger partial charge in [-0.15, -0.1) is 12.4 Å². The van der Waals surface area contributed by atoms with Gasteiger partial charge < -0.3 is 10.4 Å². The molecule has 4 heteroatoms. The summed E-state index contributed by atoms with van der Waals surface area (Å²) in [7, 11) is 3.66. The van der Waals surface area contributed by atoms with Crippen LogP contribution in [0.15, 0.2) is 41.4 Å². The zero-order valence-corrected chi connectivity index (χ0v) is 11.3. The number of amidine groups is 1. The van der Waals surface area contributed by atoms with Gasteiger partial charge in [0.05, 0.1) is 0 Å². The molecule has 2 N–H and O–H groups in total. The molecule has 0 aliphatic rings. The van der Waals surface area contributed by atoms with E-state index in [9.17, 15) is 5.11 Å². The summed E-state index contributed by atoms with van der Waals surface area (Å²) in [5, 5.41) is 14.6. The number of halogens is 1. The van der Waals surface area contributed by atoms with Gasteiger partial charge in [0.1, 0.15) is 11.6 Å². The van der Waals surface area contributed by atoms with Crippen LogP contribution in [0.3, 0.4) is 0 Å². The average molecular weight is 265 g/mol. The van der Waals surface area contributed by atoms with Crippen molar-refractivity contribution in [3.05, 3.63) is 42.0 Å². The van der Waals surface area contributed by atoms with Crippen molar-refractivity contribution in [2.24, 2.45) is 4.99 Å². The number of benzene rings is 2. The van der Waals surface area contributed by atoms with E-state index in [2.05, 4.69) is 22.4 Å². The molecule has 2 aromatic rings. The normalized spacial score (nSPS) is 11.1. The molecule has 0 aliphatic carbocycles. The van der Waals surface area contributed by atoms with Crippen molar-refractivity contribution in [2.45, 2.75) is 6.42 Å². The number of hydrogen-bond donors (Lipinski definition) is 2. The van der Waals surface area contributed by atoms with Crippen LogP contribution in [0.1, 0.15) is 5.56 Å². The number of likely N-dealkylation sites (N-methyl/N-ethyl adjacent to an activating group) is 1.